The molecule has 0 unspecified atom stereocenters. The SMILES string of the molecule is O=C(c1ccccc1)c1ccccc1NC[C@H](O)COc1cccc2ccccc12. The predicted molar refractivity (Wildman–Crippen MR) is 120 cm³/mol. The second-order valence-electron chi connectivity index (χ2n) is 7.06. The van der Waals surface area contributed by atoms with Gasteiger partial charge in [0.05, 0.1) is 0 Å². The number of ketones is 1. The van der Waals surface area contributed by atoms with Crippen LogP contribution in [0, 0.1) is 0 Å². The number of aliphatic hydroxyl groups excluding tert-OH is 1. The van der Waals surface area contributed by atoms with Gasteiger partial charge in [-0.05, 0) is 23.6 Å². The molecule has 4 aromatic carbocycles. The van der Waals surface area contributed by atoms with Crippen LogP contribution in [0.25, 0.3) is 10.8 Å². The minimum Gasteiger partial charge on any atom is -0.490 e. The van der Waals surface area contributed by atoms with Crippen LogP contribution in [0.2, 0.25) is 0 Å². The van der Waals surface area contributed by atoms with E-state index in [0.717, 1.165) is 16.5 Å². The molecule has 0 saturated heterocycles. The summed E-state index contributed by atoms with van der Waals surface area (Å²) in [6.07, 6.45) is -0.733. The first-order valence-electron chi connectivity index (χ1n) is 9.93. The van der Waals surface area contributed by atoms with Crippen molar-refractivity contribution in [1.29, 1.82) is 0 Å². The average molecular weight is 397 g/mol. The van der Waals surface area contributed by atoms with Crippen molar-refractivity contribution >= 4 is 22.2 Å². The molecule has 0 fully saturated rings. The van der Waals surface area contributed by atoms with Crippen molar-refractivity contribution in [3.05, 3.63) is 108 Å². The molecule has 0 spiro atoms. The molecule has 1 atom stereocenters. The number of hydrogen-bond donors (Lipinski definition) is 2. The Balaban J connectivity index is 1.40. The van der Waals surface area contributed by atoms with E-state index in [-0.39, 0.29) is 18.9 Å². The molecule has 4 rings (SSSR count). The summed E-state index contributed by atoms with van der Waals surface area (Å²) in [6, 6.07) is 30.3. The summed E-state index contributed by atoms with van der Waals surface area (Å²) in [6.45, 7) is 0.416. The first kappa shape index (κ1) is 19.7. The number of ether oxygens (including phenoxy) is 1. The lowest BCUT2D eigenvalue weighted by atomic mass is 10.0. The molecular formula is C26H23NO3. The number of aliphatic hydroxyl groups is 1. The van der Waals surface area contributed by atoms with Gasteiger partial charge in [0.2, 0.25) is 0 Å². The molecule has 4 heteroatoms. The van der Waals surface area contributed by atoms with E-state index in [1.807, 2.05) is 78.9 Å². The third-order valence-corrected chi connectivity index (χ3v) is 4.92. The maximum Gasteiger partial charge on any atom is 0.195 e. The highest BCUT2D eigenvalue weighted by atomic mass is 16.5. The predicted octanol–water partition coefficient (Wildman–Crippen LogP) is 4.92. The maximum absolute atomic E-state index is 12.8. The number of rotatable bonds is 8. The highest BCUT2D eigenvalue weighted by Crippen LogP contribution is 2.25. The fraction of sp³-hybridized carbons (Fsp3) is 0.115. The van der Waals surface area contributed by atoms with Crippen molar-refractivity contribution in [2.45, 2.75) is 6.10 Å². The highest BCUT2D eigenvalue weighted by molar-refractivity contribution is 6.12. The molecule has 0 amide bonds. The first-order valence-corrected chi connectivity index (χ1v) is 9.93. The second-order valence-corrected chi connectivity index (χ2v) is 7.06. The van der Waals surface area contributed by atoms with Crippen LogP contribution >= 0.6 is 0 Å². The Labute approximate surface area is 175 Å². The molecule has 0 aromatic heterocycles. The molecule has 0 heterocycles. The second kappa shape index (κ2) is 9.25. The summed E-state index contributed by atoms with van der Waals surface area (Å²) in [5.74, 6) is 0.687. The zero-order chi connectivity index (χ0) is 20.8. The number of benzene rings is 4. The van der Waals surface area contributed by atoms with E-state index in [9.17, 15) is 9.90 Å². The Morgan fingerprint density at radius 1 is 0.833 bits per heavy atom. The van der Waals surface area contributed by atoms with Crippen LogP contribution in [-0.4, -0.2) is 30.1 Å². The quantitative estimate of drug-likeness (QED) is 0.414. The largest absolute Gasteiger partial charge is 0.490 e. The number of hydrogen-bond acceptors (Lipinski definition) is 4. The molecular weight excluding hydrogens is 374 g/mol. The molecule has 0 bridgehead atoms. The Morgan fingerprint density at radius 2 is 1.53 bits per heavy atom. The zero-order valence-corrected chi connectivity index (χ0v) is 16.5. The van der Waals surface area contributed by atoms with E-state index in [1.165, 1.54) is 0 Å². The summed E-state index contributed by atoms with van der Waals surface area (Å²) < 4.78 is 5.86. The third kappa shape index (κ3) is 4.50. The van der Waals surface area contributed by atoms with Crippen LogP contribution in [0.1, 0.15) is 15.9 Å². The van der Waals surface area contributed by atoms with Gasteiger partial charge in [-0.2, -0.15) is 0 Å². The number of nitrogens with one attached hydrogen (secondary N) is 1. The number of para-hydroxylation sites is 1. The van der Waals surface area contributed by atoms with Crippen molar-refractivity contribution in [2.75, 3.05) is 18.5 Å². The third-order valence-electron chi connectivity index (χ3n) is 4.92. The lowest BCUT2D eigenvalue weighted by molar-refractivity contribution is 0.103. The van der Waals surface area contributed by atoms with Crippen molar-refractivity contribution in [1.82, 2.24) is 0 Å². The van der Waals surface area contributed by atoms with Gasteiger partial charge in [0.25, 0.3) is 0 Å². The Hall–Kier alpha value is -3.63. The lowest BCUT2D eigenvalue weighted by Crippen LogP contribution is -2.27. The summed E-state index contributed by atoms with van der Waals surface area (Å²) >= 11 is 0. The van der Waals surface area contributed by atoms with E-state index >= 15 is 0 Å². The van der Waals surface area contributed by atoms with Crippen molar-refractivity contribution in [3.8, 4) is 5.75 Å². The van der Waals surface area contributed by atoms with Crippen LogP contribution in [0.5, 0.6) is 5.75 Å². The molecule has 0 saturated carbocycles. The number of anilines is 1. The summed E-state index contributed by atoms with van der Waals surface area (Å²) in [5, 5.41) is 15.7. The van der Waals surface area contributed by atoms with Crippen LogP contribution < -0.4 is 10.1 Å². The van der Waals surface area contributed by atoms with Crippen molar-refractivity contribution in [3.63, 3.8) is 0 Å². The maximum atomic E-state index is 12.8. The molecule has 150 valence electrons. The first-order chi connectivity index (χ1) is 14.7. The van der Waals surface area contributed by atoms with Crippen LogP contribution in [0.3, 0.4) is 0 Å². The molecule has 0 radical (unpaired) electrons. The topological polar surface area (TPSA) is 58.6 Å². The van der Waals surface area contributed by atoms with Gasteiger partial charge < -0.3 is 15.2 Å². The van der Waals surface area contributed by atoms with E-state index in [2.05, 4.69) is 5.32 Å². The summed E-state index contributed by atoms with van der Waals surface area (Å²) in [4.78, 5) is 12.8. The molecule has 0 aliphatic rings. The van der Waals surface area contributed by atoms with Crippen molar-refractivity contribution in [2.24, 2.45) is 0 Å². The molecule has 0 aliphatic carbocycles. The van der Waals surface area contributed by atoms with Crippen LogP contribution in [0.15, 0.2) is 97.1 Å². The van der Waals surface area contributed by atoms with E-state index in [1.54, 1.807) is 18.2 Å². The minimum atomic E-state index is -0.733. The van der Waals surface area contributed by atoms with Gasteiger partial charge in [0.15, 0.2) is 5.78 Å². The average Bonchev–Trinajstić information content (AvgIpc) is 2.81. The van der Waals surface area contributed by atoms with Gasteiger partial charge in [-0.1, -0.05) is 78.9 Å². The molecule has 4 aromatic rings. The fourth-order valence-corrected chi connectivity index (χ4v) is 3.37. The van der Waals surface area contributed by atoms with Crippen LogP contribution in [-0.2, 0) is 0 Å². The lowest BCUT2D eigenvalue weighted by Gasteiger charge is -2.16. The summed E-state index contributed by atoms with van der Waals surface area (Å²) in [7, 11) is 0. The standard InChI is InChI=1S/C26H23NO3/c28-21(18-30-25-16-8-12-19-9-4-5-13-22(19)25)17-27-24-15-7-6-14-23(24)26(29)20-10-2-1-3-11-20/h1-16,21,27-28H,17-18H2/t21-/m0/s1. The van der Waals surface area contributed by atoms with Gasteiger partial charge in [0.1, 0.15) is 18.5 Å². The molecule has 0 aliphatic heterocycles. The molecule has 30 heavy (non-hydrogen) atoms. The van der Waals surface area contributed by atoms with Gasteiger partial charge >= 0.3 is 0 Å². The zero-order valence-electron chi connectivity index (χ0n) is 16.5. The number of fused-ring (bicyclic) bond motifs is 1. The Morgan fingerprint density at radius 3 is 2.40 bits per heavy atom. The Kier molecular flexibility index (Phi) is 6.06. The Bertz CT molecular complexity index is 1140. The molecule has 2 N–H and O–H groups in total. The van der Waals surface area contributed by atoms with E-state index in [0.29, 0.717) is 16.8 Å². The fourth-order valence-electron chi connectivity index (χ4n) is 3.37. The van der Waals surface area contributed by atoms with E-state index < -0.39 is 6.10 Å². The monoisotopic (exact) mass is 397 g/mol. The van der Waals surface area contributed by atoms with Gasteiger partial charge in [-0.25, -0.2) is 0 Å². The minimum absolute atomic E-state index is 0.0554. The van der Waals surface area contributed by atoms with Gasteiger partial charge in [0, 0.05) is 28.7 Å². The highest BCUT2D eigenvalue weighted by Gasteiger charge is 2.14. The van der Waals surface area contributed by atoms with Crippen molar-refractivity contribution < 1.29 is 14.6 Å². The number of carbonyl (C=O) groups is 1. The van der Waals surface area contributed by atoms with Gasteiger partial charge in [-0.15, -0.1) is 0 Å². The molecule has 4 nitrogen and oxygen atoms in total. The van der Waals surface area contributed by atoms with E-state index in [4.69, 9.17) is 4.74 Å². The summed E-state index contributed by atoms with van der Waals surface area (Å²) in [5.41, 5.74) is 1.90. The normalized spacial score (nSPS) is 11.8. The smallest absolute Gasteiger partial charge is 0.195 e. The van der Waals surface area contributed by atoms with Gasteiger partial charge in [-0.3, -0.25) is 4.79 Å². The van der Waals surface area contributed by atoms with Crippen LogP contribution in [0.4, 0.5) is 5.69 Å². The number of carbonyl (C=O) groups excluding carboxylic acids is 1.